The molecule has 90 valence electrons. The SMILES string of the molecule is COCC(C)(NC(C)c1ccco1)C(=O)O. The maximum atomic E-state index is 11.1. The van der Waals surface area contributed by atoms with Gasteiger partial charge in [-0.3, -0.25) is 10.1 Å². The number of carbonyl (C=O) groups is 1. The fourth-order valence-corrected chi connectivity index (χ4v) is 1.54. The van der Waals surface area contributed by atoms with Gasteiger partial charge in [-0.15, -0.1) is 0 Å². The van der Waals surface area contributed by atoms with Crippen LogP contribution in [-0.2, 0) is 9.53 Å². The molecule has 0 aliphatic heterocycles. The number of aliphatic carboxylic acids is 1. The van der Waals surface area contributed by atoms with Gasteiger partial charge in [-0.05, 0) is 26.0 Å². The number of nitrogens with one attached hydrogen (secondary N) is 1. The number of furan rings is 1. The zero-order valence-corrected chi connectivity index (χ0v) is 9.69. The van der Waals surface area contributed by atoms with E-state index in [1.807, 2.05) is 6.92 Å². The Morgan fingerprint density at radius 3 is 2.88 bits per heavy atom. The molecule has 1 aromatic heterocycles. The molecule has 1 aromatic rings. The van der Waals surface area contributed by atoms with Gasteiger partial charge in [0.05, 0.1) is 18.9 Å². The molecule has 2 unspecified atom stereocenters. The quantitative estimate of drug-likeness (QED) is 0.769. The number of ether oxygens (including phenoxy) is 1. The minimum absolute atomic E-state index is 0.0907. The second-order valence-corrected chi connectivity index (χ2v) is 3.95. The molecule has 1 heterocycles. The van der Waals surface area contributed by atoms with Crippen molar-refractivity contribution >= 4 is 5.97 Å². The van der Waals surface area contributed by atoms with Gasteiger partial charge in [0, 0.05) is 7.11 Å². The van der Waals surface area contributed by atoms with E-state index in [0.717, 1.165) is 0 Å². The molecule has 0 saturated carbocycles. The highest BCUT2D eigenvalue weighted by atomic mass is 16.5. The molecule has 16 heavy (non-hydrogen) atoms. The number of carboxylic acid groups (broad SMARTS) is 1. The zero-order valence-electron chi connectivity index (χ0n) is 9.69. The lowest BCUT2D eigenvalue weighted by Crippen LogP contribution is -2.53. The number of methoxy groups -OCH3 is 1. The summed E-state index contributed by atoms with van der Waals surface area (Å²) in [5.74, 6) is -0.253. The highest BCUT2D eigenvalue weighted by molar-refractivity contribution is 5.78. The first kappa shape index (κ1) is 12.7. The lowest BCUT2D eigenvalue weighted by Gasteiger charge is -2.28. The van der Waals surface area contributed by atoms with Crippen LogP contribution in [0.15, 0.2) is 22.8 Å². The van der Waals surface area contributed by atoms with E-state index in [-0.39, 0.29) is 12.6 Å². The molecule has 0 aromatic carbocycles. The van der Waals surface area contributed by atoms with Crippen molar-refractivity contribution in [1.29, 1.82) is 0 Å². The largest absolute Gasteiger partial charge is 0.480 e. The molecule has 0 aliphatic carbocycles. The molecule has 5 nitrogen and oxygen atoms in total. The fraction of sp³-hybridized carbons (Fsp3) is 0.545. The fourth-order valence-electron chi connectivity index (χ4n) is 1.54. The first-order valence-corrected chi connectivity index (χ1v) is 5.03. The number of hydrogen-bond acceptors (Lipinski definition) is 4. The Bertz CT molecular complexity index is 336. The molecule has 1 rings (SSSR count). The van der Waals surface area contributed by atoms with Crippen LogP contribution in [-0.4, -0.2) is 30.3 Å². The molecule has 0 bridgehead atoms. The average molecular weight is 227 g/mol. The lowest BCUT2D eigenvalue weighted by atomic mass is 10.0. The van der Waals surface area contributed by atoms with Gasteiger partial charge in [0.15, 0.2) is 0 Å². The van der Waals surface area contributed by atoms with E-state index in [0.29, 0.717) is 5.76 Å². The van der Waals surface area contributed by atoms with Crippen LogP contribution in [0, 0.1) is 0 Å². The van der Waals surface area contributed by atoms with Crippen molar-refractivity contribution in [3.8, 4) is 0 Å². The van der Waals surface area contributed by atoms with Gasteiger partial charge in [0.1, 0.15) is 11.3 Å². The van der Waals surface area contributed by atoms with Crippen LogP contribution in [0.2, 0.25) is 0 Å². The van der Waals surface area contributed by atoms with Crippen LogP contribution in [0.1, 0.15) is 25.6 Å². The molecular weight excluding hydrogens is 210 g/mol. The van der Waals surface area contributed by atoms with Crippen LogP contribution in [0.3, 0.4) is 0 Å². The molecule has 2 N–H and O–H groups in total. The van der Waals surface area contributed by atoms with E-state index in [4.69, 9.17) is 14.3 Å². The van der Waals surface area contributed by atoms with Crippen molar-refractivity contribution in [1.82, 2.24) is 5.32 Å². The van der Waals surface area contributed by atoms with Gasteiger partial charge >= 0.3 is 5.97 Å². The second kappa shape index (κ2) is 5.14. The standard InChI is InChI=1S/C11H17NO4/c1-8(9-5-4-6-16-9)12-11(2,7-15-3)10(13)14/h4-6,8,12H,7H2,1-3H3,(H,13,14). The molecule has 2 atom stereocenters. The molecule has 5 heteroatoms. The predicted octanol–water partition coefficient (Wildman–Crippen LogP) is 1.42. The summed E-state index contributed by atoms with van der Waals surface area (Å²) in [6.07, 6.45) is 1.56. The maximum Gasteiger partial charge on any atom is 0.326 e. The number of hydrogen-bond donors (Lipinski definition) is 2. The number of rotatable bonds is 6. The Labute approximate surface area is 94.4 Å². The molecule has 0 spiro atoms. The van der Waals surface area contributed by atoms with Crippen molar-refractivity contribution in [3.63, 3.8) is 0 Å². The van der Waals surface area contributed by atoms with Crippen molar-refractivity contribution < 1.29 is 19.1 Å². The van der Waals surface area contributed by atoms with Crippen LogP contribution in [0.25, 0.3) is 0 Å². The summed E-state index contributed by atoms with van der Waals surface area (Å²) in [5, 5.41) is 12.1. The predicted molar refractivity (Wildman–Crippen MR) is 58.2 cm³/mol. The highest BCUT2D eigenvalue weighted by Crippen LogP contribution is 2.17. The van der Waals surface area contributed by atoms with E-state index in [1.165, 1.54) is 7.11 Å². The first-order valence-electron chi connectivity index (χ1n) is 5.03. The van der Waals surface area contributed by atoms with Crippen LogP contribution < -0.4 is 5.32 Å². The third-order valence-corrected chi connectivity index (χ3v) is 2.41. The van der Waals surface area contributed by atoms with E-state index < -0.39 is 11.5 Å². The average Bonchev–Trinajstić information content (AvgIpc) is 2.70. The van der Waals surface area contributed by atoms with Gasteiger partial charge in [-0.2, -0.15) is 0 Å². The Morgan fingerprint density at radius 2 is 2.44 bits per heavy atom. The number of carboxylic acids is 1. The Kier molecular flexibility index (Phi) is 4.09. The lowest BCUT2D eigenvalue weighted by molar-refractivity contribution is -0.146. The van der Waals surface area contributed by atoms with Gasteiger partial charge in [0.25, 0.3) is 0 Å². The van der Waals surface area contributed by atoms with Gasteiger partial charge in [0.2, 0.25) is 0 Å². The first-order chi connectivity index (χ1) is 7.49. The second-order valence-electron chi connectivity index (χ2n) is 3.95. The normalized spacial score (nSPS) is 16.7. The van der Waals surface area contributed by atoms with E-state index in [2.05, 4.69) is 5.32 Å². The smallest absolute Gasteiger partial charge is 0.326 e. The van der Waals surface area contributed by atoms with Crippen molar-refractivity contribution in [2.24, 2.45) is 0 Å². The Morgan fingerprint density at radius 1 is 1.75 bits per heavy atom. The summed E-state index contributed by atoms with van der Waals surface area (Å²) in [6, 6.07) is 3.38. The Balaban J connectivity index is 2.72. The molecule has 0 fully saturated rings. The topological polar surface area (TPSA) is 71.7 Å². The third kappa shape index (κ3) is 2.84. The summed E-state index contributed by atoms with van der Waals surface area (Å²) in [7, 11) is 1.47. The van der Waals surface area contributed by atoms with Crippen LogP contribution >= 0.6 is 0 Å². The van der Waals surface area contributed by atoms with E-state index in [1.54, 1.807) is 25.3 Å². The summed E-state index contributed by atoms with van der Waals surface area (Å²) in [5.41, 5.74) is -1.12. The Hall–Kier alpha value is -1.33. The summed E-state index contributed by atoms with van der Waals surface area (Å²) in [6.45, 7) is 3.52. The van der Waals surface area contributed by atoms with Crippen molar-refractivity contribution in [2.45, 2.75) is 25.4 Å². The third-order valence-electron chi connectivity index (χ3n) is 2.41. The van der Waals surface area contributed by atoms with Crippen molar-refractivity contribution in [2.75, 3.05) is 13.7 Å². The maximum absolute atomic E-state index is 11.1. The minimum Gasteiger partial charge on any atom is -0.480 e. The zero-order chi connectivity index (χ0) is 12.2. The summed E-state index contributed by atoms with van der Waals surface area (Å²) >= 11 is 0. The van der Waals surface area contributed by atoms with E-state index >= 15 is 0 Å². The minimum atomic E-state index is -1.12. The highest BCUT2D eigenvalue weighted by Gasteiger charge is 2.35. The molecule has 0 aliphatic rings. The molecule has 0 radical (unpaired) electrons. The summed E-state index contributed by atoms with van der Waals surface area (Å²) < 4.78 is 10.1. The molecular formula is C11H17NO4. The van der Waals surface area contributed by atoms with E-state index in [9.17, 15) is 4.79 Å². The van der Waals surface area contributed by atoms with Crippen LogP contribution in [0.5, 0.6) is 0 Å². The van der Waals surface area contributed by atoms with Gasteiger partial charge in [-0.1, -0.05) is 0 Å². The molecule has 0 saturated heterocycles. The van der Waals surface area contributed by atoms with Gasteiger partial charge < -0.3 is 14.3 Å². The molecule has 0 amide bonds. The van der Waals surface area contributed by atoms with Crippen molar-refractivity contribution in [3.05, 3.63) is 24.2 Å². The summed E-state index contributed by atoms with van der Waals surface area (Å²) in [4.78, 5) is 11.1. The van der Waals surface area contributed by atoms with Crippen LogP contribution in [0.4, 0.5) is 0 Å². The van der Waals surface area contributed by atoms with Gasteiger partial charge in [-0.25, -0.2) is 0 Å². The monoisotopic (exact) mass is 227 g/mol.